The molecule has 1 fully saturated rings. The number of halogens is 2. The van der Waals surface area contributed by atoms with Gasteiger partial charge in [0, 0.05) is 29.2 Å². The molecule has 1 heterocycles. The number of nitrogens with zero attached hydrogens (tertiary/aromatic N) is 1. The van der Waals surface area contributed by atoms with Gasteiger partial charge in [0.15, 0.2) is 0 Å². The summed E-state index contributed by atoms with van der Waals surface area (Å²) in [6.45, 7) is 2.96. The first-order chi connectivity index (χ1) is 9.97. The van der Waals surface area contributed by atoms with Crippen molar-refractivity contribution in [1.82, 2.24) is 10.2 Å². The van der Waals surface area contributed by atoms with Gasteiger partial charge in [0.05, 0.1) is 0 Å². The fourth-order valence-corrected chi connectivity index (χ4v) is 2.93. The lowest BCUT2D eigenvalue weighted by atomic mass is 10.0. The zero-order valence-corrected chi connectivity index (χ0v) is 14.2. The number of nitrogens with one attached hydrogen (secondary N) is 1. The maximum absolute atomic E-state index is 12.2. The van der Waals surface area contributed by atoms with Crippen molar-refractivity contribution in [1.29, 1.82) is 0 Å². The third-order valence-corrected chi connectivity index (χ3v) is 4.25. The van der Waals surface area contributed by atoms with Crippen LogP contribution in [0.4, 0.5) is 0 Å². The van der Waals surface area contributed by atoms with Crippen LogP contribution in [0.3, 0.4) is 0 Å². The SMILES string of the molecule is CC(Cl)C(=O)N1CCC(NC(=O)c2cccc(Br)c2)CC1. The molecule has 1 N–H and O–H groups in total. The van der Waals surface area contributed by atoms with Gasteiger partial charge >= 0.3 is 0 Å². The second kappa shape index (κ2) is 7.27. The average molecular weight is 374 g/mol. The lowest BCUT2D eigenvalue weighted by Gasteiger charge is -2.33. The van der Waals surface area contributed by atoms with Crippen molar-refractivity contribution >= 4 is 39.3 Å². The molecule has 21 heavy (non-hydrogen) atoms. The lowest BCUT2D eigenvalue weighted by molar-refractivity contribution is -0.131. The summed E-state index contributed by atoms with van der Waals surface area (Å²) in [6.07, 6.45) is 1.52. The molecule has 4 nitrogen and oxygen atoms in total. The summed E-state index contributed by atoms with van der Waals surface area (Å²) in [5.74, 6) is -0.111. The maximum atomic E-state index is 12.2. The molecule has 0 radical (unpaired) electrons. The fourth-order valence-electron chi connectivity index (χ4n) is 2.39. The molecule has 0 saturated carbocycles. The van der Waals surface area contributed by atoms with Gasteiger partial charge in [-0.2, -0.15) is 0 Å². The summed E-state index contributed by atoms with van der Waals surface area (Å²) in [6, 6.07) is 7.40. The largest absolute Gasteiger partial charge is 0.349 e. The minimum Gasteiger partial charge on any atom is -0.349 e. The van der Waals surface area contributed by atoms with Crippen molar-refractivity contribution in [3.63, 3.8) is 0 Å². The highest BCUT2D eigenvalue weighted by molar-refractivity contribution is 9.10. The van der Waals surface area contributed by atoms with E-state index in [0.717, 1.165) is 17.3 Å². The predicted molar refractivity (Wildman–Crippen MR) is 86.5 cm³/mol. The Morgan fingerprint density at radius 3 is 2.62 bits per heavy atom. The Balaban J connectivity index is 1.86. The molecular formula is C15H18BrClN2O2. The Labute approximate surface area is 138 Å². The lowest BCUT2D eigenvalue weighted by Crippen LogP contribution is -2.48. The Hall–Kier alpha value is -1.07. The first-order valence-electron chi connectivity index (χ1n) is 6.96. The van der Waals surface area contributed by atoms with Gasteiger partial charge in [-0.15, -0.1) is 11.6 Å². The van der Waals surface area contributed by atoms with Gasteiger partial charge < -0.3 is 10.2 Å². The molecule has 1 unspecified atom stereocenters. The van der Waals surface area contributed by atoms with Crippen LogP contribution >= 0.6 is 27.5 Å². The van der Waals surface area contributed by atoms with E-state index >= 15 is 0 Å². The third kappa shape index (κ3) is 4.45. The third-order valence-electron chi connectivity index (χ3n) is 3.57. The van der Waals surface area contributed by atoms with E-state index in [1.807, 2.05) is 12.1 Å². The van der Waals surface area contributed by atoms with Crippen LogP contribution in [0.15, 0.2) is 28.7 Å². The van der Waals surface area contributed by atoms with Gasteiger partial charge in [-0.1, -0.05) is 22.0 Å². The zero-order chi connectivity index (χ0) is 15.4. The predicted octanol–water partition coefficient (Wildman–Crippen LogP) is 2.80. The van der Waals surface area contributed by atoms with Crippen LogP contribution < -0.4 is 5.32 Å². The fraction of sp³-hybridized carbons (Fsp3) is 0.467. The average Bonchev–Trinajstić information content (AvgIpc) is 2.47. The van der Waals surface area contributed by atoms with Crippen LogP contribution in [0.25, 0.3) is 0 Å². The zero-order valence-electron chi connectivity index (χ0n) is 11.8. The highest BCUT2D eigenvalue weighted by atomic mass is 79.9. The van der Waals surface area contributed by atoms with Gasteiger partial charge in [0.25, 0.3) is 5.91 Å². The van der Waals surface area contributed by atoms with Crippen molar-refractivity contribution in [3.8, 4) is 0 Å². The molecule has 114 valence electrons. The second-order valence-corrected chi connectivity index (χ2v) is 6.77. The van der Waals surface area contributed by atoms with Crippen LogP contribution in [0.1, 0.15) is 30.1 Å². The van der Waals surface area contributed by atoms with Crippen molar-refractivity contribution in [2.45, 2.75) is 31.2 Å². The number of hydrogen-bond acceptors (Lipinski definition) is 2. The highest BCUT2D eigenvalue weighted by Gasteiger charge is 2.26. The molecule has 0 bridgehead atoms. The van der Waals surface area contributed by atoms with Gasteiger partial charge in [-0.05, 0) is 38.0 Å². The van der Waals surface area contributed by atoms with E-state index in [0.29, 0.717) is 18.7 Å². The van der Waals surface area contributed by atoms with E-state index in [4.69, 9.17) is 11.6 Å². The first-order valence-corrected chi connectivity index (χ1v) is 8.19. The normalized spacial score (nSPS) is 17.4. The van der Waals surface area contributed by atoms with E-state index in [9.17, 15) is 9.59 Å². The summed E-state index contributed by atoms with van der Waals surface area (Å²) in [5, 5.41) is 2.53. The number of amides is 2. The van der Waals surface area contributed by atoms with E-state index < -0.39 is 5.38 Å². The minimum absolute atomic E-state index is 0.0339. The number of alkyl halides is 1. The molecule has 0 aromatic heterocycles. The quantitative estimate of drug-likeness (QED) is 0.828. The molecule has 1 saturated heterocycles. The van der Waals surface area contributed by atoms with Crippen LogP contribution in [0, 0.1) is 0 Å². The molecule has 1 aliphatic heterocycles. The summed E-state index contributed by atoms with van der Waals surface area (Å²) >= 11 is 9.17. The van der Waals surface area contributed by atoms with Gasteiger partial charge in [-0.25, -0.2) is 0 Å². The molecule has 0 spiro atoms. The van der Waals surface area contributed by atoms with Crippen molar-refractivity contribution in [2.24, 2.45) is 0 Å². The molecule has 1 atom stereocenters. The van der Waals surface area contributed by atoms with Crippen LogP contribution in [0.2, 0.25) is 0 Å². The Bertz CT molecular complexity index is 528. The number of piperidine rings is 1. The molecular weight excluding hydrogens is 356 g/mol. The second-order valence-electron chi connectivity index (χ2n) is 5.20. The van der Waals surface area contributed by atoms with Crippen LogP contribution in [0.5, 0.6) is 0 Å². The molecule has 1 aromatic rings. The molecule has 1 aliphatic rings. The highest BCUT2D eigenvalue weighted by Crippen LogP contribution is 2.15. The topological polar surface area (TPSA) is 49.4 Å². The first kappa shape index (κ1) is 16.3. The van der Waals surface area contributed by atoms with Crippen molar-refractivity contribution < 1.29 is 9.59 Å². The monoisotopic (exact) mass is 372 g/mol. The molecule has 2 rings (SSSR count). The summed E-state index contributed by atoms with van der Waals surface area (Å²) in [5.41, 5.74) is 0.636. The summed E-state index contributed by atoms with van der Waals surface area (Å²) in [4.78, 5) is 25.7. The van der Waals surface area contributed by atoms with Crippen molar-refractivity contribution in [3.05, 3.63) is 34.3 Å². The van der Waals surface area contributed by atoms with Gasteiger partial charge in [0.2, 0.25) is 5.91 Å². The van der Waals surface area contributed by atoms with E-state index in [2.05, 4.69) is 21.2 Å². The van der Waals surface area contributed by atoms with E-state index in [1.54, 1.807) is 24.0 Å². The molecule has 6 heteroatoms. The van der Waals surface area contributed by atoms with E-state index in [1.165, 1.54) is 0 Å². The smallest absolute Gasteiger partial charge is 0.251 e. The Kier molecular flexibility index (Phi) is 5.65. The number of benzene rings is 1. The number of likely N-dealkylation sites (tertiary alicyclic amines) is 1. The number of carbonyl (C=O) groups excluding carboxylic acids is 2. The maximum Gasteiger partial charge on any atom is 0.251 e. The molecule has 2 amide bonds. The molecule has 1 aromatic carbocycles. The van der Waals surface area contributed by atoms with Crippen LogP contribution in [-0.4, -0.2) is 41.2 Å². The number of rotatable bonds is 3. The summed E-state index contributed by atoms with van der Waals surface area (Å²) in [7, 11) is 0. The number of hydrogen-bond donors (Lipinski definition) is 1. The Morgan fingerprint density at radius 1 is 1.38 bits per heavy atom. The van der Waals surface area contributed by atoms with Gasteiger partial charge in [-0.3, -0.25) is 9.59 Å². The molecule has 0 aliphatic carbocycles. The number of carbonyl (C=O) groups is 2. The minimum atomic E-state index is -0.488. The Morgan fingerprint density at radius 2 is 2.05 bits per heavy atom. The van der Waals surface area contributed by atoms with Crippen LogP contribution in [-0.2, 0) is 4.79 Å². The van der Waals surface area contributed by atoms with Crippen molar-refractivity contribution in [2.75, 3.05) is 13.1 Å². The van der Waals surface area contributed by atoms with E-state index in [-0.39, 0.29) is 17.9 Å². The van der Waals surface area contributed by atoms with Gasteiger partial charge in [0.1, 0.15) is 5.38 Å². The summed E-state index contributed by atoms with van der Waals surface area (Å²) < 4.78 is 0.881. The standard InChI is InChI=1S/C15H18BrClN2O2/c1-10(17)15(21)19-7-5-13(6-8-19)18-14(20)11-3-2-4-12(16)9-11/h2-4,9-10,13H,5-8H2,1H3,(H,18,20).